The molecule has 0 spiro atoms. The summed E-state index contributed by atoms with van der Waals surface area (Å²) in [5.74, 6) is 0. The van der Waals surface area contributed by atoms with Gasteiger partial charge >= 0.3 is 6.09 Å². The van der Waals surface area contributed by atoms with Crippen molar-refractivity contribution in [3.63, 3.8) is 0 Å². The highest BCUT2D eigenvalue weighted by molar-refractivity contribution is 7.89. The highest BCUT2D eigenvalue weighted by Gasteiger charge is 2.29. The van der Waals surface area contributed by atoms with Gasteiger partial charge in [0.2, 0.25) is 10.0 Å². The van der Waals surface area contributed by atoms with Gasteiger partial charge in [-0.2, -0.15) is 0 Å². The van der Waals surface area contributed by atoms with Crippen LogP contribution in [0.25, 0.3) is 21.8 Å². The molecular formula is C22H23N3O4S2. The molecule has 1 amide bonds. The Morgan fingerprint density at radius 2 is 1.87 bits per heavy atom. The van der Waals surface area contributed by atoms with Crippen molar-refractivity contribution in [2.45, 2.75) is 31.2 Å². The maximum Gasteiger partial charge on any atom is 0.414 e. The van der Waals surface area contributed by atoms with Crippen molar-refractivity contribution in [2.75, 3.05) is 18.1 Å². The fraction of sp³-hybridized carbons (Fsp3) is 0.273. The zero-order valence-electron chi connectivity index (χ0n) is 17.5. The molecule has 162 valence electrons. The van der Waals surface area contributed by atoms with E-state index in [2.05, 4.69) is 4.72 Å². The van der Waals surface area contributed by atoms with Crippen LogP contribution in [0.1, 0.15) is 20.8 Å². The number of ether oxygens (including phenoxy) is 1. The molecule has 1 N–H and O–H groups in total. The molecule has 2 heterocycles. The van der Waals surface area contributed by atoms with Gasteiger partial charge in [-0.25, -0.2) is 22.9 Å². The summed E-state index contributed by atoms with van der Waals surface area (Å²) in [4.78, 5) is 18.6. The Kier molecular flexibility index (Phi) is 5.59. The first kappa shape index (κ1) is 21.5. The van der Waals surface area contributed by atoms with E-state index in [0.717, 1.165) is 10.6 Å². The number of anilines is 1. The maximum absolute atomic E-state index is 12.9. The summed E-state index contributed by atoms with van der Waals surface area (Å²) in [5.41, 5.74) is 2.17. The number of amides is 1. The van der Waals surface area contributed by atoms with Crippen molar-refractivity contribution < 1.29 is 17.9 Å². The van der Waals surface area contributed by atoms with E-state index in [4.69, 9.17) is 9.72 Å². The van der Waals surface area contributed by atoms with Crippen LogP contribution in [0, 0.1) is 0 Å². The third-order valence-corrected chi connectivity index (χ3v) is 7.22. The monoisotopic (exact) mass is 457 g/mol. The van der Waals surface area contributed by atoms with Crippen molar-refractivity contribution in [1.82, 2.24) is 9.71 Å². The molecule has 0 radical (unpaired) electrons. The van der Waals surface area contributed by atoms with Crippen molar-refractivity contribution >= 4 is 33.1 Å². The second-order valence-electron chi connectivity index (χ2n) is 8.20. The summed E-state index contributed by atoms with van der Waals surface area (Å²) < 4.78 is 33.5. The zero-order valence-corrected chi connectivity index (χ0v) is 19.1. The van der Waals surface area contributed by atoms with Gasteiger partial charge < -0.3 is 4.74 Å². The molecule has 0 saturated carbocycles. The SMILES string of the molecule is CC(C)(C)NS(=O)(=O)c1ccc(-c2csc(-c3ccccc3)n2)c(N2CCOC2=O)c1. The number of carbonyl (C=O) groups is 1. The van der Waals surface area contributed by atoms with Gasteiger partial charge in [0.15, 0.2) is 0 Å². The number of rotatable bonds is 5. The summed E-state index contributed by atoms with van der Waals surface area (Å²) >= 11 is 1.49. The second kappa shape index (κ2) is 8.07. The molecule has 1 saturated heterocycles. The molecule has 1 aromatic heterocycles. The Balaban J connectivity index is 1.80. The van der Waals surface area contributed by atoms with Gasteiger partial charge in [0.05, 0.1) is 22.8 Å². The molecule has 9 heteroatoms. The van der Waals surface area contributed by atoms with Gasteiger partial charge in [0.1, 0.15) is 11.6 Å². The first-order valence-corrected chi connectivity index (χ1v) is 12.1. The smallest absolute Gasteiger partial charge is 0.414 e. The summed E-state index contributed by atoms with van der Waals surface area (Å²) in [5, 5.41) is 2.75. The largest absolute Gasteiger partial charge is 0.447 e. The minimum absolute atomic E-state index is 0.0828. The number of carbonyl (C=O) groups excluding carboxylic acids is 1. The quantitative estimate of drug-likeness (QED) is 0.609. The van der Waals surface area contributed by atoms with Crippen molar-refractivity contribution in [3.05, 3.63) is 53.9 Å². The van der Waals surface area contributed by atoms with E-state index in [1.165, 1.54) is 28.4 Å². The lowest BCUT2D eigenvalue weighted by molar-refractivity contribution is 0.181. The number of thiazole rings is 1. The fourth-order valence-electron chi connectivity index (χ4n) is 3.30. The highest BCUT2D eigenvalue weighted by atomic mass is 32.2. The number of nitrogens with zero attached hydrogens (tertiary/aromatic N) is 2. The molecule has 7 nitrogen and oxygen atoms in total. The topological polar surface area (TPSA) is 88.6 Å². The fourth-order valence-corrected chi connectivity index (χ4v) is 5.57. The van der Waals surface area contributed by atoms with Crippen molar-refractivity contribution in [3.8, 4) is 21.8 Å². The van der Waals surface area contributed by atoms with E-state index in [9.17, 15) is 13.2 Å². The number of sulfonamides is 1. The molecule has 31 heavy (non-hydrogen) atoms. The Labute approximate surface area is 185 Å². The number of hydrogen-bond acceptors (Lipinski definition) is 6. The third-order valence-electron chi connectivity index (χ3n) is 4.57. The number of aromatic nitrogens is 1. The lowest BCUT2D eigenvalue weighted by atomic mass is 10.1. The van der Waals surface area contributed by atoms with Crippen LogP contribution >= 0.6 is 11.3 Å². The lowest BCUT2D eigenvalue weighted by Crippen LogP contribution is -2.40. The van der Waals surface area contributed by atoms with Gasteiger partial charge in [-0.05, 0) is 39.0 Å². The number of benzene rings is 2. The predicted octanol–water partition coefficient (Wildman–Crippen LogP) is 4.51. The molecule has 0 bridgehead atoms. The zero-order chi connectivity index (χ0) is 22.2. The minimum Gasteiger partial charge on any atom is -0.447 e. The van der Waals surface area contributed by atoms with Gasteiger partial charge in [0.25, 0.3) is 0 Å². The molecule has 2 aromatic carbocycles. The van der Waals surface area contributed by atoms with Gasteiger partial charge in [-0.1, -0.05) is 30.3 Å². The average Bonchev–Trinajstić information content (AvgIpc) is 3.35. The molecule has 1 aliphatic heterocycles. The van der Waals surface area contributed by atoms with Crippen LogP contribution in [0.15, 0.2) is 58.8 Å². The first-order chi connectivity index (χ1) is 14.6. The van der Waals surface area contributed by atoms with Crippen LogP contribution in [0.5, 0.6) is 0 Å². The normalized spacial score (nSPS) is 14.7. The van der Waals surface area contributed by atoms with Crippen LogP contribution in [0.4, 0.5) is 10.5 Å². The lowest BCUT2D eigenvalue weighted by Gasteiger charge is -2.22. The molecule has 0 unspecified atom stereocenters. The Hall–Kier alpha value is -2.75. The summed E-state index contributed by atoms with van der Waals surface area (Å²) in [6, 6.07) is 14.5. The van der Waals surface area contributed by atoms with Gasteiger partial charge in [-0.15, -0.1) is 11.3 Å². The van der Waals surface area contributed by atoms with Crippen LogP contribution in [0.3, 0.4) is 0 Å². The molecule has 0 atom stereocenters. The Morgan fingerprint density at radius 1 is 1.13 bits per heavy atom. The van der Waals surface area contributed by atoms with Gasteiger partial charge in [-0.3, -0.25) is 4.90 Å². The highest BCUT2D eigenvalue weighted by Crippen LogP contribution is 2.37. The van der Waals surface area contributed by atoms with Crippen molar-refractivity contribution in [1.29, 1.82) is 0 Å². The van der Waals surface area contributed by atoms with Crippen LogP contribution < -0.4 is 9.62 Å². The first-order valence-electron chi connectivity index (χ1n) is 9.78. The number of cyclic esters (lactones) is 1. The molecule has 0 aliphatic carbocycles. The van der Waals surface area contributed by atoms with E-state index in [1.54, 1.807) is 26.8 Å². The second-order valence-corrected chi connectivity index (χ2v) is 10.7. The molecule has 1 aliphatic rings. The number of nitrogens with one attached hydrogen (secondary N) is 1. The van der Waals surface area contributed by atoms with Crippen LogP contribution in [-0.2, 0) is 14.8 Å². The summed E-state index contributed by atoms with van der Waals surface area (Å²) in [6.45, 7) is 5.92. The average molecular weight is 458 g/mol. The van der Waals surface area contributed by atoms with Crippen LogP contribution in [0.2, 0.25) is 0 Å². The molecule has 4 rings (SSSR count). The van der Waals surface area contributed by atoms with E-state index in [1.807, 2.05) is 35.7 Å². The predicted molar refractivity (Wildman–Crippen MR) is 122 cm³/mol. The summed E-state index contributed by atoms with van der Waals surface area (Å²) in [7, 11) is -3.77. The van der Waals surface area contributed by atoms with E-state index in [-0.39, 0.29) is 11.5 Å². The molecule has 1 fully saturated rings. The minimum atomic E-state index is -3.77. The van der Waals surface area contributed by atoms with E-state index in [0.29, 0.717) is 23.5 Å². The van der Waals surface area contributed by atoms with E-state index >= 15 is 0 Å². The summed E-state index contributed by atoms with van der Waals surface area (Å²) in [6.07, 6.45) is -0.502. The van der Waals surface area contributed by atoms with Gasteiger partial charge in [0, 0.05) is 22.0 Å². The Bertz CT molecular complexity index is 1220. The van der Waals surface area contributed by atoms with Crippen molar-refractivity contribution in [2.24, 2.45) is 0 Å². The molecule has 3 aromatic rings. The Morgan fingerprint density at radius 3 is 2.52 bits per heavy atom. The van der Waals surface area contributed by atoms with Crippen LogP contribution in [-0.4, -0.2) is 38.2 Å². The molecular weight excluding hydrogens is 434 g/mol. The maximum atomic E-state index is 12.9. The standard InChI is InChI=1S/C22H23N3O4S2/c1-22(2,3)24-31(27,28)16-9-10-17(19(13-16)25-11-12-29-21(25)26)18-14-30-20(23-18)15-7-5-4-6-8-15/h4-10,13-14,24H,11-12H2,1-3H3. The third kappa shape index (κ3) is 4.63. The van der Waals surface area contributed by atoms with E-state index < -0.39 is 21.7 Å². The number of hydrogen-bond donors (Lipinski definition) is 1.